The van der Waals surface area contributed by atoms with Crippen LogP contribution in [0, 0.1) is 13.8 Å². The van der Waals surface area contributed by atoms with Gasteiger partial charge in [-0.25, -0.2) is 0 Å². The van der Waals surface area contributed by atoms with Gasteiger partial charge in [0.25, 0.3) is 5.91 Å². The van der Waals surface area contributed by atoms with Crippen LogP contribution in [0.2, 0.25) is 0 Å². The van der Waals surface area contributed by atoms with Gasteiger partial charge in [-0.3, -0.25) is 4.79 Å². The Morgan fingerprint density at radius 2 is 1.72 bits per heavy atom. The van der Waals surface area contributed by atoms with E-state index in [-0.39, 0.29) is 22.6 Å². The molecule has 1 fully saturated rings. The zero-order valence-electron chi connectivity index (χ0n) is 18.1. The minimum atomic E-state index is -3.96. The summed E-state index contributed by atoms with van der Waals surface area (Å²) in [6, 6.07) is 21.6. The molecule has 1 saturated heterocycles. The molecule has 1 heterocycles. The highest BCUT2D eigenvalue weighted by atomic mass is 32.2. The number of carbonyl (C=O) groups excluding carboxylic acids is 1. The van der Waals surface area contributed by atoms with Crippen molar-refractivity contribution in [2.24, 2.45) is 0 Å². The summed E-state index contributed by atoms with van der Waals surface area (Å²) < 4.78 is 30.7. The Morgan fingerprint density at radius 3 is 2.44 bits per heavy atom. The maximum Gasteiger partial charge on any atom is 0.339 e. The highest BCUT2D eigenvalue weighted by Crippen LogP contribution is 2.24. The van der Waals surface area contributed by atoms with Crippen molar-refractivity contribution in [1.29, 1.82) is 0 Å². The van der Waals surface area contributed by atoms with Crippen LogP contribution in [0.15, 0.2) is 77.7 Å². The molecule has 3 aromatic rings. The number of amides is 1. The first kappa shape index (κ1) is 21.9. The third-order valence-electron chi connectivity index (χ3n) is 5.54. The molecule has 4 rings (SSSR count). The Kier molecular flexibility index (Phi) is 6.19. The quantitative estimate of drug-likeness (QED) is 0.564. The average molecular weight is 451 g/mol. The number of benzene rings is 3. The average Bonchev–Trinajstić information content (AvgIpc) is 3.24. The van der Waals surface area contributed by atoms with Crippen LogP contribution in [0.4, 0.5) is 5.69 Å². The minimum Gasteiger partial charge on any atom is -0.380 e. The number of nitrogens with zero attached hydrogens (tertiary/aromatic N) is 1. The van der Waals surface area contributed by atoms with Crippen molar-refractivity contribution >= 4 is 21.7 Å². The molecule has 0 saturated carbocycles. The molecule has 166 valence electrons. The lowest BCUT2D eigenvalue weighted by Crippen LogP contribution is -2.31. The number of rotatable bonds is 6. The molecule has 1 aliphatic heterocycles. The summed E-state index contributed by atoms with van der Waals surface area (Å²) in [4.78, 5) is 14.8. The summed E-state index contributed by atoms with van der Waals surface area (Å²) in [6.45, 7) is 4.85. The molecular weight excluding hydrogens is 424 g/mol. The van der Waals surface area contributed by atoms with Crippen molar-refractivity contribution < 1.29 is 17.4 Å². The number of carbonyl (C=O) groups is 1. The Labute approximate surface area is 189 Å². The van der Waals surface area contributed by atoms with Crippen molar-refractivity contribution in [1.82, 2.24) is 4.90 Å². The van der Waals surface area contributed by atoms with E-state index in [0.717, 1.165) is 17.7 Å². The molecule has 0 spiro atoms. The summed E-state index contributed by atoms with van der Waals surface area (Å²) in [6.07, 6.45) is 0.871. The lowest BCUT2D eigenvalue weighted by Gasteiger charge is -2.18. The fourth-order valence-corrected chi connectivity index (χ4v) is 5.06. The molecule has 0 aromatic heterocycles. The maximum absolute atomic E-state index is 12.9. The number of hydrogen-bond donors (Lipinski definition) is 1. The number of likely N-dealkylation sites (tertiary alicyclic amines) is 1. The SMILES string of the molecule is Cc1ccc(C)c(S(=O)(=O)Oc2ccc(C(=O)N3CCC(Nc4ccccc4)C3)cc2)c1. The Morgan fingerprint density at radius 1 is 1.00 bits per heavy atom. The van der Waals surface area contributed by atoms with E-state index in [9.17, 15) is 13.2 Å². The van der Waals surface area contributed by atoms with Crippen LogP contribution in [0.1, 0.15) is 27.9 Å². The van der Waals surface area contributed by atoms with Gasteiger partial charge in [-0.05, 0) is 73.9 Å². The van der Waals surface area contributed by atoms with E-state index in [1.165, 1.54) is 12.1 Å². The standard InChI is InChI=1S/C25H26N2O4S/c1-18-8-9-19(2)24(16-18)32(29,30)31-23-12-10-20(11-13-23)25(28)27-15-14-22(17-27)26-21-6-4-3-5-7-21/h3-13,16,22,26H,14-15,17H2,1-2H3. The van der Waals surface area contributed by atoms with E-state index < -0.39 is 10.1 Å². The monoisotopic (exact) mass is 450 g/mol. The van der Waals surface area contributed by atoms with Crippen LogP contribution in [0.5, 0.6) is 5.75 Å². The fourth-order valence-electron chi connectivity index (χ4n) is 3.82. The van der Waals surface area contributed by atoms with Gasteiger partial charge in [-0.1, -0.05) is 30.3 Å². The van der Waals surface area contributed by atoms with Gasteiger partial charge < -0.3 is 14.4 Å². The third-order valence-corrected chi connectivity index (χ3v) is 6.93. The second-order valence-electron chi connectivity index (χ2n) is 8.08. The molecule has 0 aliphatic carbocycles. The van der Waals surface area contributed by atoms with Gasteiger partial charge in [0.15, 0.2) is 0 Å². The van der Waals surface area contributed by atoms with Crippen LogP contribution in [0.3, 0.4) is 0 Å². The second kappa shape index (κ2) is 9.04. The summed E-state index contributed by atoms with van der Waals surface area (Å²) in [5.74, 6) is 0.0961. The predicted molar refractivity (Wildman–Crippen MR) is 125 cm³/mol. The van der Waals surface area contributed by atoms with E-state index in [2.05, 4.69) is 5.32 Å². The van der Waals surface area contributed by atoms with E-state index in [1.54, 1.807) is 31.2 Å². The Hall–Kier alpha value is -3.32. The van der Waals surface area contributed by atoms with Gasteiger partial charge in [0.1, 0.15) is 10.6 Å². The van der Waals surface area contributed by atoms with Crippen molar-refractivity contribution in [3.8, 4) is 5.75 Å². The molecule has 0 bridgehead atoms. The summed E-state index contributed by atoms with van der Waals surface area (Å²) in [7, 11) is -3.96. The predicted octanol–water partition coefficient (Wildman–Crippen LogP) is 4.40. The lowest BCUT2D eigenvalue weighted by molar-refractivity contribution is 0.0791. The topological polar surface area (TPSA) is 75.7 Å². The fraction of sp³-hybridized carbons (Fsp3) is 0.240. The molecule has 1 atom stereocenters. The minimum absolute atomic E-state index is 0.0775. The van der Waals surface area contributed by atoms with E-state index in [1.807, 2.05) is 48.2 Å². The summed E-state index contributed by atoms with van der Waals surface area (Å²) in [5, 5.41) is 3.46. The lowest BCUT2D eigenvalue weighted by atomic mass is 10.2. The molecule has 0 radical (unpaired) electrons. The smallest absolute Gasteiger partial charge is 0.339 e. The van der Waals surface area contributed by atoms with E-state index >= 15 is 0 Å². The molecule has 7 heteroatoms. The highest BCUT2D eigenvalue weighted by molar-refractivity contribution is 7.87. The third kappa shape index (κ3) is 4.94. The number of anilines is 1. The van der Waals surface area contributed by atoms with Crippen LogP contribution >= 0.6 is 0 Å². The first-order chi connectivity index (χ1) is 15.3. The molecule has 1 N–H and O–H groups in total. The maximum atomic E-state index is 12.9. The zero-order valence-corrected chi connectivity index (χ0v) is 18.9. The van der Waals surface area contributed by atoms with Gasteiger partial charge in [0, 0.05) is 30.4 Å². The normalized spacial score (nSPS) is 16.1. The molecule has 1 amide bonds. The van der Waals surface area contributed by atoms with Crippen molar-refractivity contribution in [2.45, 2.75) is 31.2 Å². The highest BCUT2D eigenvalue weighted by Gasteiger charge is 2.27. The molecule has 32 heavy (non-hydrogen) atoms. The van der Waals surface area contributed by atoms with Crippen molar-refractivity contribution in [3.05, 3.63) is 89.5 Å². The van der Waals surface area contributed by atoms with Crippen LogP contribution in [-0.2, 0) is 10.1 Å². The van der Waals surface area contributed by atoms with Crippen LogP contribution in [0.25, 0.3) is 0 Å². The first-order valence-corrected chi connectivity index (χ1v) is 12.0. The van der Waals surface area contributed by atoms with Gasteiger partial charge >= 0.3 is 10.1 Å². The van der Waals surface area contributed by atoms with E-state index in [4.69, 9.17) is 4.18 Å². The Balaban J connectivity index is 1.40. The number of para-hydroxylation sites is 1. The number of hydrogen-bond acceptors (Lipinski definition) is 5. The summed E-state index contributed by atoms with van der Waals surface area (Å²) in [5.41, 5.74) is 3.00. The molecule has 1 unspecified atom stereocenters. The second-order valence-corrected chi connectivity index (χ2v) is 9.59. The molecular formula is C25H26N2O4S. The Bertz CT molecular complexity index is 1210. The molecule has 6 nitrogen and oxygen atoms in total. The van der Waals surface area contributed by atoms with Gasteiger partial charge in [-0.2, -0.15) is 8.42 Å². The van der Waals surface area contributed by atoms with Gasteiger partial charge in [-0.15, -0.1) is 0 Å². The number of nitrogens with one attached hydrogen (secondary N) is 1. The van der Waals surface area contributed by atoms with Crippen molar-refractivity contribution in [3.63, 3.8) is 0 Å². The molecule has 1 aliphatic rings. The van der Waals surface area contributed by atoms with Crippen LogP contribution in [-0.4, -0.2) is 38.4 Å². The van der Waals surface area contributed by atoms with Crippen LogP contribution < -0.4 is 9.50 Å². The summed E-state index contributed by atoms with van der Waals surface area (Å²) >= 11 is 0. The largest absolute Gasteiger partial charge is 0.380 e. The number of aryl methyl sites for hydroxylation is 2. The van der Waals surface area contributed by atoms with Gasteiger partial charge in [0.05, 0.1) is 0 Å². The van der Waals surface area contributed by atoms with E-state index in [0.29, 0.717) is 24.2 Å². The first-order valence-electron chi connectivity index (χ1n) is 10.5. The molecule has 3 aromatic carbocycles. The van der Waals surface area contributed by atoms with Crippen molar-refractivity contribution in [2.75, 3.05) is 18.4 Å². The zero-order chi connectivity index (χ0) is 22.7. The van der Waals surface area contributed by atoms with Gasteiger partial charge in [0.2, 0.25) is 0 Å².